The number of amides is 2. The second kappa shape index (κ2) is 6.24. The predicted molar refractivity (Wildman–Crippen MR) is 66.3 cm³/mol. The molecule has 0 bridgehead atoms. The van der Waals surface area contributed by atoms with Crippen molar-refractivity contribution in [3.8, 4) is 0 Å². The normalized spacial score (nSPS) is 11.9. The van der Waals surface area contributed by atoms with Gasteiger partial charge in [-0.2, -0.15) is 0 Å². The molecule has 5 nitrogen and oxygen atoms in total. The van der Waals surface area contributed by atoms with Gasteiger partial charge < -0.3 is 15.7 Å². The van der Waals surface area contributed by atoms with E-state index in [1.807, 2.05) is 26.0 Å². The minimum Gasteiger partial charge on any atom is -0.481 e. The van der Waals surface area contributed by atoms with Crippen LogP contribution in [0.3, 0.4) is 0 Å². The van der Waals surface area contributed by atoms with Gasteiger partial charge in [-0.1, -0.05) is 0 Å². The van der Waals surface area contributed by atoms with Gasteiger partial charge in [0.15, 0.2) is 0 Å². The van der Waals surface area contributed by atoms with Crippen LogP contribution in [0, 0.1) is 6.92 Å². The van der Waals surface area contributed by atoms with E-state index in [2.05, 4.69) is 10.6 Å². The smallest absolute Gasteiger partial charge is 0.315 e. The van der Waals surface area contributed by atoms with Gasteiger partial charge in [0.1, 0.15) is 0 Å². The molecule has 1 atom stereocenters. The standard InChI is InChI=1S/C11H16N2O3S/c1-7-3-4-9(17-7)8(2)13-11(16)12-6-5-10(14)15/h3-4,8H,5-6H2,1-2H3,(H,14,15)(H2,12,13,16). The van der Waals surface area contributed by atoms with Crippen molar-refractivity contribution in [2.24, 2.45) is 0 Å². The summed E-state index contributed by atoms with van der Waals surface area (Å²) in [6.07, 6.45) is -0.0695. The monoisotopic (exact) mass is 256 g/mol. The van der Waals surface area contributed by atoms with E-state index >= 15 is 0 Å². The highest BCUT2D eigenvalue weighted by Crippen LogP contribution is 2.21. The van der Waals surface area contributed by atoms with Crippen LogP contribution in [-0.2, 0) is 4.79 Å². The number of carbonyl (C=O) groups excluding carboxylic acids is 1. The SMILES string of the molecule is Cc1ccc(C(C)NC(=O)NCCC(=O)O)s1. The molecule has 0 aromatic carbocycles. The average molecular weight is 256 g/mol. The van der Waals surface area contributed by atoms with Gasteiger partial charge in [-0.15, -0.1) is 11.3 Å². The third kappa shape index (κ3) is 4.86. The Balaban J connectivity index is 2.33. The number of urea groups is 1. The zero-order valence-electron chi connectivity index (χ0n) is 9.82. The van der Waals surface area contributed by atoms with E-state index in [9.17, 15) is 9.59 Å². The van der Waals surface area contributed by atoms with Crippen molar-refractivity contribution >= 4 is 23.3 Å². The first-order valence-corrected chi connectivity index (χ1v) is 6.13. The molecular formula is C11H16N2O3S. The van der Waals surface area contributed by atoms with E-state index < -0.39 is 5.97 Å². The lowest BCUT2D eigenvalue weighted by Gasteiger charge is -2.12. The number of hydrogen-bond donors (Lipinski definition) is 3. The first-order valence-electron chi connectivity index (χ1n) is 5.31. The molecule has 1 heterocycles. The summed E-state index contributed by atoms with van der Waals surface area (Å²) in [4.78, 5) is 23.9. The second-order valence-corrected chi connectivity index (χ2v) is 5.03. The van der Waals surface area contributed by atoms with Crippen molar-refractivity contribution in [2.75, 3.05) is 6.54 Å². The molecule has 0 aliphatic heterocycles. The molecule has 6 heteroatoms. The summed E-state index contributed by atoms with van der Waals surface area (Å²) in [5.74, 6) is -0.924. The van der Waals surface area contributed by atoms with Gasteiger partial charge in [0.05, 0.1) is 12.5 Å². The number of carboxylic acid groups (broad SMARTS) is 1. The lowest BCUT2D eigenvalue weighted by atomic mass is 10.3. The van der Waals surface area contributed by atoms with Crippen LogP contribution < -0.4 is 10.6 Å². The minimum absolute atomic E-state index is 0.0695. The summed E-state index contributed by atoms with van der Waals surface area (Å²) in [7, 11) is 0. The van der Waals surface area contributed by atoms with Crippen LogP contribution in [0.5, 0.6) is 0 Å². The highest BCUT2D eigenvalue weighted by molar-refractivity contribution is 7.12. The Morgan fingerprint density at radius 3 is 2.71 bits per heavy atom. The highest BCUT2D eigenvalue weighted by Gasteiger charge is 2.10. The zero-order valence-corrected chi connectivity index (χ0v) is 10.6. The molecule has 0 aliphatic rings. The molecular weight excluding hydrogens is 240 g/mol. The summed E-state index contributed by atoms with van der Waals surface area (Å²) in [6.45, 7) is 4.03. The Hall–Kier alpha value is -1.56. The Bertz CT molecular complexity index is 403. The molecule has 0 radical (unpaired) electrons. The van der Waals surface area contributed by atoms with Crippen LogP contribution in [0.15, 0.2) is 12.1 Å². The van der Waals surface area contributed by atoms with E-state index in [1.54, 1.807) is 11.3 Å². The van der Waals surface area contributed by atoms with Crippen molar-refractivity contribution in [3.63, 3.8) is 0 Å². The molecule has 1 unspecified atom stereocenters. The summed E-state index contributed by atoms with van der Waals surface area (Å²) < 4.78 is 0. The van der Waals surface area contributed by atoms with Gasteiger partial charge in [-0.25, -0.2) is 4.79 Å². The summed E-state index contributed by atoms with van der Waals surface area (Å²) in [5.41, 5.74) is 0. The largest absolute Gasteiger partial charge is 0.481 e. The molecule has 0 saturated heterocycles. The van der Waals surface area contributed by atoms with E-state index in [-0.39, 0.29) is 25.0 Å². The number of aliphatic carboxylic acids is 1. The number of thiophene rings is 1. The fourth-order valence-electron chi connectivity index (χ4n) is 1.29. The zero-order chi connectivity index (χ0) is 12.8. The molecule has 2 amide bonds. The Labute approximate surface area is 104 Å². The van der Waals surface area contributed by atoms with Crippen molar-refractivity contribution in [1.82, 2.24) is 10.6 Å². The molecule has 0 fully saturated rings. The van der Waals surface area contributed by atoms with Crippen LogP contribution in [0.4, 0.5) is 4.79 Å². The van der Waals surface area contributed by atoms with E-state index in [0.29, 0.717) is 0 Å². The fourth-order valence-corrected chi connectivity index (χ4v) is 2.17. The van der Waals surface area contributed by atoms with Gasteiger partial charge in [0.25, 0.3) is 0 Å². The Morgan fingerprint density at radius 2 is 2.18 bits per heavy atom. The van der Waals surface area contributed by atoms with Crippen LogP contribution >= 0.6 is 11.3 Å². The minimum atomic E-state index is -0.924. The first kappa shape index (κ1) is 13.5. The van der Waals surface area contributed by atoms with Gasteiger partial charge in [0.2, 0.25) is 0 Å². The number of aryl methyl sites for hydroxylation is 1. The number of rotatable bonds is 5. The van der Waals surface area contributed by atoms with Crippen molar-refractivity contribution in [2.45, 2.75) is 26.3 Å². The van der Waals surface area contributed by atoms with Gasteiger partial charge in [0, 0.05) is 16.3 Å². The van der Waals surface area contributed by atoms with Crippen molar-refractivity contribution in [3.05, 3.63) is 21.9 Å². The summed E-state index contributed by atoms with van der Waals surface area (Å²) >= 11 is 1.63. The van der Waals surface area contributed by atoms with Crippen molar-refractivity contribution < 1.29 is 14.7 Å². The molecule has 1 aromatic heterocycles. The topological polar surface area (TPSA) is 78.4 Å². The number of carbonyl (C=O) groups is 2. The number of nitrogens with one attached hydrogen (secondary N) is 2. The molecule has 1 aromatic rings. The number of carboxylic acids is 1. The lowest BCUT2D eigenvalue weighted by molar-refractivity contribution is -0.136. The van der Waals surface area contributed by atoms with Crippen LogP contribution in [0.2, 0.25) is 0 Å². The van der Waals surface area contributed by atoms with E-state index in [1.165, 1.54) is 4.88 Å². The fraction of sp³-hybridized carbons (Fsp3) is 0.455. The third-order valence-electron chi connectivity index (χ3n) is 2.16. The Morgan fingerprint density at radius 1 is 1.47 bits per heavy atom. The molecule has 0 saturated carbocycles. The summed E-state index contributed by atoms with van der Waals surface area (Å²) in [5, 5.41) is 13.7. The van der Waals surface area contributed by atoms with Crippen molar-refractivity contribution in [1.29, 1.82) is 0 Å². The maximum atomic E-state index is 11.4. The van der Waals surface area contributed by atoms with E-state index in [4.69, 9.17) is 5.11 Å². The van der Waals surface area contributed by atoms with Crippen LogP contribution in [-0.4, -0.2) is 23.7 Å². The molecule has 0 spiro atoms. The maximum Gasteiger partial charge on any atom is 0.315 e. The summed E-state index contributed by atoms with van der Waals surface area (Å²) in [6, 6.07) is 3.56. The van der Waals surface area contributed by atoms with Gasteiger partial charge >= 0.3 is 12.0 Å². The van der Waals surface area contributed by atoms with Gasteiger partial charge in [-0.3, -0.25) is 4.79 Å². The second-order valence-electron chi connectivity index (χ2n) is 3.71. The lowest BCUT2D eigenvalue weighted by Crippen LogP contribution is -2.37. The Kier molecular flexibility index (Phi) is 4.96. The van der Waals surface area contributed by atoms with E-state index in [0.717, 1.165) is 4.88 Å². The molecule has 1 rings (SSSR count). The molecule has 3 N–H and O–H groups in total. The third-order valence-corrected chi connectivity index (χ3v) is 3.34. The van der Waals surface area contributed by atoms with Crippen LogP contribution in [0.1, 0.15) is 29.1 Å². The first-order chi connectivity index (χ1) is 7.99. The predicted octanol–water partition coefficient (Wildman–Crippen LogP) is 1.89. The maximum absolute atomic E-state index is 11.4. The van der Waals surface area contributed by atoms with Crippen LogP contribution in [0.25, 0.3) is 0 Å². The molecule has 94 valence electrons. The number of hydrogen-bond acceptors (Lipinski definition) is 3. The molecule has 0 aliphatic carbocycles. The highest BCUT2D eigenvalue weighted by atomic mass is 32.1. The quantitative estimate of drug-likeness (QED) is 0.752. The molecule has 17 heavy (non-hydrogen) atoms. The average Bonchev–Trinajstić information content (AvgIpc) is 2.64. The van der Waals surface area contributed by atoms with Gasteiger partial charge in [-0.05, 0) is 26.0 Å².